The summed E-state index contributed by atoms with van der Waals surface area (Å²) in [5, 5.41) is 1.93. The molecule has 0 atom stereocenters. The van der Waals surface area contributed by atoms with Gasteiger partial charge in [-0.25, -0.2) is 0 Å². The van der Waals surface area contributed by atoms with Crippen LogP contribution < -0.4 is 0 Å². The molecule has 0 aliphatic carbocycles. The molecule has 3 heteroatoms. The third-order valence-electron chi connectivity index (χ3n) is 3.99. The molecule has 0 aliphatic rings. The van der Waals surface area contributed by atoms with Crippen LogP contribution in [0.2, 0.25) is 5.02 Å². The molecule has 3 aromatic rings. The molecule has 24 heavy (non-hydrogen) atoms. The summed E-state index contributed by atoms with van der Waals surface area (Å²) in [5.41, 5.74) is 5.58. The number of hydrogen-bond acceptors (Lipinski definition) is 1. The van der Waals surface area contributed by atoms with Crippen LogP contribution in [-0.4, -0.2) is 9.97 Å². The van der Waals surface area contributed by atoms with Crippen LogP contribution in [0.1, 0.15) is 58.3 Å². The second-order valence-corrected chi connectivity index (χ2v) is 6.49. The van der Waals surface area contributed by atoms with Gasteiger partial charge >= 0.3 is 0 Å². The summed E-state index contributed by atoms with van der Waals surface area (Å²) in [7, 11) is 0. The minimum Gasteiger partial charge on any atom is -0.358 e. The molecule has 0 spiro atoms. The quantitative estimate of drug-likeness (QED) is 0.544. The molecular formula is C21H27ClN2. The van der Waals surface area contributed by atoms with Crippen molar-refractivity contribution < 1.29 is 0 Å². The Morgan fingerprint density at radius 2 is 1.88 bits per heavy atom. The summed E-state index contributed by atoms with van der Waals surface area (Å²) < 4.78 is 0. The Kier molecular flexibility index (Phi) is 6.44. The fourth-order valence-electron chi connectivity index (χ4n) is 2.70. The first-order valence-electron chi connectivity index (χ1n) is 8.86. The van der Waals surface area contributed by atoms with Crippen molar-refractivity contribution in [1.29, 1.82) is 0 Å². The zero-order chi connectivity index (χ0) is 17.7. The predicted molar refractivity (Wildman–Crippen MR) is 106 cm³/mol. The van der Waals surface area contributed by atoms with Crippen LogP contribution in [0.15, 0.2) is 36.5 Å². The fourth-order valence-corrected chi connectivity index (χ4v) is 2.98. The van der Waals surface area contributed by atoms with Crippen molar-refractivity contribution in [3.8, 4) is 11.1 Å². The van der Waals surface area contributed by atoms with Crippen LogP contribution in [0.25, 0.3) is 22.0 Å². The van der Waals surface area contributed by atoms with Gasteiger partial charge in [0.15, 0.2) is 0 Å². The number of H-pyrrole nitrogens is 1. The van der Waals surface area contributed by atoms with Gasteiger partial charge in [-0.1, -0.05) is 58.7 Å². The molecular weight excluding hydrogens is 316 g/mol. The molecule has 128 valence electrons. The van der Waals surface area contributed by atoms with Crippen molar-refractivity contribution in [2.75, 3.05) is 0 Å². The van der Waals surface area contributed by atoms with Gasteiger partial charge in [0, 0.05) is 44.6 Å². The monoisotopic (exact) mass is 342 g/mol. The molecule has 0 unspecified atom stereocenters. The molecule has 3 rings (SSSR count). The molecule has 0 aliphatic heterocycles. The lowest BCUT2D eigenvalue weighted by Crippen LogP contribution is -1.89. The Bertz CT molecular complexity index is 785. The smallest absolute Gasteiger partial charge is 0.0492 e. The SMILES string of the molecule is CC.CCCc1ccc(-c2cc3[nH]c(C(C)C)cc3cc2Cl)cn1. The van der Waals surface area contributed by atoms with E-state index in [1.165, 1.54) is 5.69 Å². The molecule has 2 aromatic heterocycles. The van der Waals surface area contributed by atoms with E-state index in [2.05, 4.69) is 55.0 Å². The Morgan fingerprint density at radius 1 is 1.12 bits per heavy atom. The summed E-state index contributed by atoms with van der Waals surface area (Å²) in [4.78, 5) is 8.02. The number of aromatic nitrogens is 2. The maximum atomic E-state index is 6.49. The van der Waals surface area contributed by atoms with E-state index in [9.17, 15) is 0 Å². The number of nitrogens with zero attached hydrogens (tertiary/aromatic N) is 1. The van der Waals surface area contributed by atoms with Crippen molar-refractivity contribution in [3.05, 3.63) is 52.9 Å². The van der Waals surface area contributed by atoms with Gasteiger partial charge in [0.05, 0.1) is 0 Å². The summed E-state index contributed by atoms with van der Waals surface area (Å²) in [5.74, 6) is 0.476. The van der Waals surface area contributed by atoms with Crippen LogP contribution >= 0.6 is 11.6 Å². The predicted octanol–water partition coefficient (Wildman–Crippen LogP) is 6.99. The molecule has 1 aromatic carbocycles. The third kappa shape index (κ3) is 3.99. The molecule has 0 saturated heterocycles. The second-order valence-electron chi connectivity index (χ2n) is 6.09. The van der Waals surface area contributed by atoms with Gasteiger partial charge in [-0.2, -0.15) is 0 Å². The van der Waals surface area contributed by atoms with Gasteiger partial charge in [0.2, 0.25) is 0 Å². The van der Waals surface area contributed by atoms with Crippen LogP contribution in [0.3, 0.4) is 0 Å². The van der Waals surface area contributed by atoms with E-state index in [1.54, 1.807) is 0 Å². The largest absolute Gasteiger partial charge is 0.358 e. The Balaban J connectivity index is 0.00000100. The molecule has 1 N–H and O–H groups in total. The molecule has 0 radical (unpaired) electrons. The van der Waals surface area contributed by atoms with E-state index in [4.69, 9.17) is 11.6 Å². The highest BCUT2D eigenvalue weighted by atomic mass is 35.5. The summed E-state index contributed by atoms with van der Waals surface area (Å²) >= 11 is 6.49. The van der Waals surface area contributed by atoms with E-state index < -0.39 is 0 Å². The first-order chi connectivity index (χ1) is 11.6. The minimum atomic E-state index is 0.476. The summed E-state index contributed by atoms with van der Waals surface area (Å²) in [6.45, 7) is 10.5. The van der Waals surface area contributed by atoms with E-state index in [-0.39, 0.29) is 0 Å². The zero-order valence-electron chi connectivity index (χ0n) is 15.3. The minimum absolute atomic E-state index is 0.476. The van der Waals surface area contributed by atoms with Crippen molar-refractivity contribution in [2.45, 2.75) is 53.4 Å². The van der Waals surface area contributed by atoms with Gasteiger partial charge in [0.1, 0.15) is 0 Å². The van der Waals surface area contributed by atoms with Crippen molar-refractivity contribution in [1.82, 2.24) is 9.97 Å². The van der Waals surface area contributed by atoms with Gasteiger partial charge in [-0.05, 0) is 36.6 Å². The number of aryl methyl sites for hydroxylation is 1. The maximum absolute atomic E-state index is 6.49. The average molecular weight is 343 g/mol. The number of fused-ring (bicyclic) bond motifs is 1. The van der Waals surface area contributed by atoms with Crippen molar-refractivity contribution >= 4 is 22.5 Å². The first-order valence-corrected chi connectivity index (χ1v) is 9.23. The Labute approximate surface area is 150 Å². The molecule has 2 nitrogen and oxygen atoms in total. The highest BCUT2D eigenvalue weighted by Crippen LogP contribution is 2.33. The lowest BCUT2D eigenvalue weighted by molar-refractivity contribution is 0.836. The number of halogens is 1. The van der Waals surface area contributed by atoms with Crippen molar-refractivity contribution in [3.63, 3.8) is 0 Å². The van der Waals surface area contributed by atoms with Crippen LogP contribution in [0.5, 0.6) is 0 Å². The van der Waals surface area contributed by atoms with Gasteiger partial charge in [-0.3, -0.25) is 4.98 Å². The average Bonchev–Trinajstić information content (AvgIpc) is 3.00. The first kappa shape index (κ1) is 18.5. The van der Waals surface area contributed by atoms with E-state index in [1.807, 2.05) is 26.1 Å². The Hall–Kier alpha value is -1.80. The highest BCUT2D eigenvalue weighted by molar-refractivity contribution is 6.34. The zero-order valence-corrected chi connectivity index (χ0v) is 16.0. The fraction of sp³-hybridized carbons (Fsp3) is 0.381. The Morgan fingerprint density at radius 3 is 2.46 bits per heavy atom. The van der Waals surface area contributed by atoms with Gasteiger partial charge < -0.3 is 4.98 Å². The molecule has 0 saturated carbocycles. The molecule has 0 bridgehead atoms. The van der Waals surface area contributed by atoms with Gasteiger partial charge in [-0.15, -0.1) is 0 Å². The van der Waals surface area contributed by atoms with E-state index in [0.29, 0.717) is 5.92 Å². The number of nitrogens with one attached hydrogen (secondary N) is 1. The van der Waals surface area contributed by atoms with Crippen LogP contribution in [0, 0.1) is 0 Å². The van der Waals surface area contributed by atoms with Gasteiger partial charge in [0.25, 0.3) is 0 Å². The standard InChI is InChI=1S/C19H21ClN2.C2H6/c1-4-5-15-7-6-13(11-21-15)16-10-19-14(8-17(16)20)9-18(22-19)12(2)3;1-2/h6-12,22H,4-5H2,1-3H3;1-2H3. The third-order valence-corrected chi connectivity index (χ3v) is 4.31. The lowest BCUT2D eigenvalue weighted by Gasteiger charge is -2.06. The maximum Gasteiger partial charge on any atom is 0.0492 e. The highest BCUT2D eigenvalue weighted by Gasteiger charge is 2.10. The molecule has 0 fully saturated rings. The molecule has 0 amide bonds. The van der Waals surface area contributed by atoms with Crippen molar-refractivity contribution in [2.24, 2.45) is 0 Å². The number of pyridine rings is 1. The number of rotatable bonds is 4. The number of hydrogen-bond donors (Lipinski definition) is 1. The number of aromatic amines is 1. The van der Waals surface area contributed by atoms with E-state index >= 15 is 0 Å². The normalized spacial score (nSPS) is 10.8. The topological polar surface area (TPSA) is 28.7 Å². The second kappa shape index (κ2) is 8.34. The molecule has 2 heterocycles. The van der Waals surface area contributed by atoms with E-state index in [0.717, 1.165) is 45.6 Å². The lowest BCUT2D eigenvalue weighted by atomic mass is 10.0. The van der Waals surface area contributed by atoms with Crippen LogP contribution in [0.4, 0.5) is 0 Å². The summed E-state index contributed by atoms with van der Waals surface area (Å²) in [6, 6.07) is 10.5. The van der Waals surface area contributed by atoms with Crippen LogP contribution in [-0.2, 0) is 6.42 Å². The summed E-state index contributed by atoms with van der Waals surface area (Å²) in [6.07, 6.45) is 4.05. The number of benzene rings is 1.